The van der Waals surface area contributed by atoms with Gasteiger partial charge < -0.3 is 20.1 Å². The fourth-order valence-electron chi connectivity index (χ4n) is 6.16. The second kappa shape index (κ2) is 10.2. The van der Waals surface area contributed by atoms with Crippen LogP contribution in [0.5, 0.6) is 0 Å². The van der Waals surface area contributed by atoms with Gasteiger partial charge in [-0.15, -0.1) is 5.10 Å². The van der Waals surface area contributed by atoms with Crippen LogP contribution in [0.4, 0.5) is 24.5 Å². The van der Waals surface area contributed by atoms with Crippen LogP contribution < -0.4 is 21.1 Å². The Hall–Kier alpha value is -3.38. The van der Waals surface area contributed by atoms with Gasteiger partial charge >= 0.3 is 6.18 Å². The smallest absolute Gasteiger partial charge is 0.363 e. The molecule has 3 aromatic rings. The molecular weight excluding hydrogens is 547 g/mol. The number of allylic oxidation sites excluding steroid dienone is 2. The van der Waals surface area contributed by atoms with Crippen LogP contribution in [0.2, 0.25) is 5.02 Å². The van der Waals surface area contributed by atoms with Crippen molar-refractivity contribution < 1.29 is 18.0 Å². The Bertz CT molecular complexity index is 1570. The molecule has 1 saturated carbocycles. The predicted molar refractivity (Wildman–Crippen MR) is 146 cm³/mol. The quantitative estimate of drug-likeness (QED) is 0.461. The maximum Gasteiger partial charge on any atom is 0.416 e. The number of carbonyl (C=O) groups is 1. The molecule has 2 aromatic heterocycles. The van der Waals surface area contributed by atoms with Gasteiger partial charge in [-0.3, -0.25) is 9.59 Å². The molecule has 3 aliphatic rings. The zero-order chi connectivity index (χ0) is 28.2. The van der Waals surface area contributed by atoms with Crippen molar-refractivity contribution in [3.05, 3.63) is 56.7 Å². The Balaban J connectivity index is 1.41. The van der Waals surface area contributed by atoms with E-state index in [0.29, 0.717) is 61.6 Å². The zero-order valence-electron chi connectivity index (χ0n) is 21.9. The number of halogens is 4. The predicted octanol–water partition coefficient (Wildman–Crippen LogP) is 3.99. The van der Waals surface area contributed by atoms with Crippen LogP contribution in [0.3, 0.4) is 0 Å². The lowest BCUT2D eigenvalue weighted by molar-refractivity contribution is -0.137. The van der Waals surface area contributed by atoms with E-state index in [2.05, 4.69) is 21.8 Å². The van der Waals surface area contributed by atoms with Crippen molar-refractivity contribution in [2.24, 2.45) is 11.8 Å². The topological polar surface area (TPSA) is 96.6 Å². The first-order chi connectivity index (χ1) is 19.1. The Morgan fingerprint density at radius 3 is 2.62 bits per heavy atom. The molecule has 0 radical (unpaired) electrons. The molecule has 1 amide bonds. The third kappa shape index (κ3) is 4.77. The van der Waals surface area contributed by atoms with Crippen LogP contribution in [0, 0.1) is 11.8 Å². The van der Waals surface area contributed by atoms with Gasteiger partial charge in [-0.25, -0.2) is 0 Å². The third-order valence-electron chi connectivity index (χ3n) is 8.05. The summed E-state index contributed by atoms with van der Waals surface area (Å²) in [5, 5.41) is 10.3. The number of amides is 1. The number of fused-ring (bicyclic) bond motifs is 3. The number of hydrogen-bond acceptors (Lipinski definition) is 6. The Labute approximate surface area is 233 Å². The van der Waals surface area contributed by atoms with E-state index in [1.807, 2.05) is 11.8 Å². The number of piperazine rings is 1. The van der Waals surface area contributed by atoms with Crippen molar-refractivity contribution in [2.75, 3.05) is 36.4 Å². The Kier molecular flexibility index (Phi) is 6.86. The molecular formula is C27H29ClF3N7O2. The lowest BCUT2D eigenvalue weighted by atomic mass is 9.98. The molecule has 6 rings (SSSR count). The molecule has 2 bridgehead atoms. The molecule has 2 N–H and O–H groups in total. The number of carbonyl (C=O) groups excluding carboxylic acids is 1. The Morgan fingerprint density at radius 2 is 2.00 bits per heavy atom. The van der Waals surface area contributed by atoms with Gasteiger partial charge in [0.15, 0.2) is 5.82 Å². The van der Waals surface area contributed by atoms with E-state index in [9.17, 15) is 22.8 Å². The van der Waals surface area contributed by atoms with Crippen molar-refractivity contribution in [1.29, 1.82) is 0 Å². The molecule has 2 atom stereocenters. The summed E-state index contributed by atoms with van der Waals surface area (Å²) >= 11 is 6.08. The minimum absolute atomic E-state index is 0.0615. The van der Waals surface area contributed by atoms with Crippen LogP contribution >= 0.6 is 11.6 Å². The number of rotatable bonds is 6. The van der Waals surface area contributed by atoms with Gasteiger partial charge in [0.1, 0.15) is 12.2 Å². The molecule has 3 heterocycles. The van der Waals surface area contributed by atoms with Crippen molar-refractivity contribution in [1.82, 2.24) is 24.5 Å². The van der Waals surface area contributed by atoms with E-state index in [4.69, 9.17) is 16.6 Å². The molecule has 40 heavy (non-hydrogen) atoms. The molecule has 1 aromatic carbocycles. The summed E-state index contributed by atoms with van der Waals surface area (Å²) in [5.41, 5.74) is 1.06. The summed E-state index contributed by atoms with van der Waals surface area (Å²) in [6.45, 7) is 4.35. The second-order valence-electron chi connectivity index (χ2n) is 10.6. The summed E-state index contributed by atoms with van der Waals surface area (Å²) in [4.78, 5) is 33.9. The molecule has 212 valence electrons. The molecule has 2 unspecified atom stereocenters. The summed E-state index contributed by atoms with van der Waals surface area (Å²) in [6, 6.07) is 2.78. The van der Waals surface area contributed by atoms with Gasteiger partial charge in [0.05, 0.1) is 22.0 Å². The standard InChI is InChI=1S/C27H29ClF3N7O2/c1-2-21-23(36-9-7-32-8-10-36)25(40)38-26(34-24(35-38)18-12-15-3-4-16(18)11-15)37(21)14-22(39)33-20-6-5-17(13-19(20)28)27(29,30)31/h5-6,12-13,15-16,32H,2-4,7-11,14H2,1H3,(H,33,39). The first-order valence-electron chi connectivity index (χ1n) is 13.5. The molecule has 2 fully saturated rings. The average molecular weight is 576 g/mol. The summed E-state index contributed by atoms with van der Waals surface area (Å²) in [5.74, 6) is 1.12. The largest absolute Gasteiger partial charge is 0.416 e. The maximum atomic E-state index is 13.8. The van der Waals surface area contributed by atoms with Gasteiger partial charge in [0.25, 0.3) is 5.56 Å². The van der Waals surface area contributed by atoms with Crippen molar-refractivity contribution >= 4 is 40.2 Å². The summed E-state index contributed by atoms with van der Waals surface area (Å²) in [7, 11) is 0. The van der Waals surface area contributed by atoms with Crippen LogP contribution in [-0.4, -0.2) is 51.3 Å². The molecule has 1 saturated heterocycles. The lowest BCUT2D eigenvalue weighted by Gasteiger charge is -2.31. The molecule has 9 nitrogen and oxygen atoms in total. The highest BCUT2D eigenvalue weighted by Crippen LogP contribution is 2.47. The van der Waals surface area contributed by atoms with Gasteiger partial charge in [-0.2, -0.15) is 22.7 Å². The first kappa shape index (κ1) is 26.8. The van der Waals surface area contributed by atoms with Crippen molar-refractivity contribution in [3.8, 4) is 0 Å². The summed E-state index contributed by atoms with van der Waals surface area (Å²) in [6.07, 6.45) is 1.39. The fraction of sp³-hybridized carbons (Fsp3) is 0.481. The van der Waals surface area contributed by atoms with Gasteiger partial charge in [-0.1, -0.05) is 24.6 Å². The van der Waals surface area contributed by atoms with Crippen LogP contribution in [0.1, 0.15) is 43.3 Å². The highest BCUT2D eigenvalue weighted by Gasteiger charge is 2.36. The second-order valence-corrected chi connectivity index (χ2v) is 11.0. The molecule has 2 aliphatic carbocycles. The SMILES string of the molecule is CCc1c(N2CCNCC2)c(=O)n2nc(C3=CC4CCC3C4)nc2n1CC(=O)Nc1ccc(C(F)(F)F)cc1Cl. The van der Waals surface area contributed by atoms with Crippen LogP contribution in [0.15, 0.2) is 29.1 Å². The number of aromatic nitrogens is 4. The Morgan fingerprint density at radius 1 is 1.23 bits per heavy atom. The minimum Gasteiger partial charge on any atom is -0.363 e. The highest BCUT2D eigenvalue weighted by molar-refractivity contribution is 6.33. The van der Waals surface area contributed by atoms with E-state index < -0.39 is 17.6 Å². The summed E-state index contributed by atoms with van der Waals surface area (Å²) < 4.78 is 42.2. The number of nitrogens with one attached hydrogen (secondary N) is 2. The number of benzene rings is 1. The monoisotopic (exact) mass is 575 g/mol. The van der Waals surface area contributed by atoms with Crippen molar-refractivity contribution in [2.45, 2.75) is 45.3 Å². The number of hydrogen-bond donors (Lipinski definition) is 2. The number of nitrogens with zero attached hydrogens (tertiary/aromatic N) is 5. The molecule has 13 heteroatoms. The van der Waals surface area contributed by atoms with E-state index in [-0.39, 0.29) is 28.6 Å². The highest BCUT2D eigenvalue weighted by atomic mass is 35.5. The van der Waals surface area contributed by atoms with Crippen molar-refractivity contribution in [3.63, 3.8) is 0 Å². The van der Waals surface area contributed by atoms with Crippen LogP contribution in [-0.2, 0) is 23.9 Å². The first-order valence-corrected chi connectivity index (χ1v) is 13.9. The van der Waals surface area contributed by atoms with E-state index in [1.54, 1.807) is 4.57 Å². The van der Waals surface area contributed by atoms with Crippen LogP contribution in [0.25, 0.3) is 11.4 Å². The number of anilines is 2. The zero-order valence-corrected chi connectivity index (χ0v) is 22.6. The molecule has 1 aliphatic heterocycles. The average Bonchev–Trinajstić information content (AvgIpc) is 3.67. The van der Waals surface area contributed by atoms with E-state index in [1.165, 1.54) is 4.52 Å². The fourth-order valence-corrected chi connectivity index (χ4v) is 6.39. The van der Waals surface area contributed by atoms with E-state index in [0.717, 1.165) is 43.0 Å². The minimum atomic E-state index is -4.55. The van der Waals surface area contributed by atoms with Gasteiger partial charge in [-0.05, 0) is 61.3 Å². The van der Waals surface area contributed by atoms with E-state index >= 15 is 0 Å². The molecule has 0 spiro atoms. The van der Waals surface area contributed by atoms with Gasteiger partial charge in [0.2, 0.25) is 11.7 Å². The normalized spacial score (nSPS) is 20.8. The number of alkyl halides is 3. The lowest BCUT2D eigenvalue weighted by Crippen LogP contribution is -2.47. The maximum absolute atomic E-state index is 13.8. The third-order valence-corrected chi connectivity index (χ3v) is 8.37. The van der Waals surface area contributed by atoms with Gasteiger partial charge in [0, 0.05) is 26.2 Å².